The number of benzene rings is 1. The van der Waals surface area contributed by atoms with Gasteiger partial charge in [0.1, 0.15) is 5.75 Å². The van der Waals surface area contributed by atoms with Gasteiger partial charge in [0.2, 0.25) is 5.67 Å². The van der Waals surface area contributed by atoms with Crippen molar-refractivity contribution in [3.05, 3.63) is 29.3 Å². The largest absolute Gasteiger partial charge is 0.497 e. The average molecular weight is 224 g/mol. The Labute approximate surface area is 92.9 Å². The lowest BCUT2D eigenvalue weighted by Gasteiger charge is -2.28. The second-order valence-corrected chi connectivity index (χ2v) is 3.98. The van der Waals surface area contributed by atoms with Crippen LogP contribution in [0, 0.1) is 0 Å². The molecule has 1 atom stereocenters. The molecule has 0 aromatic heterocycles. The van der Waals surface area contributed by atoms with Crippen LogP contribution in [0.3, 0.4) is 0 Å². The van der Waals surface area contributed by atoms with Crippen LogP contribution in [-0.4, -0.2) is 18.2 Å². The second-order valence-electron chi connectivity index (χ2n) is 3.98. The molecule has 1 unspecified atom stereocenters. The highest BCUT2D eigenvalue weighted by molar-refractivity contribution is 5.80. The minimum atomic E-state index is -2.26. The average Bonchev–Trinajstić information content (AvgIpc) is 2.29. The number of carbonyl (C=O) groups is 1. The molecule has 0 fully saturated rings. The van der Waals surface area contributed by atoms with Gasteiger partial charge >= 0.3 is 5.97 Å². The van der Waals surface area contributed by atoms with Crippen molar-refractivity contribution in [3.63, 3.8) is 0 Å². The van der Waals surface area contributed by atoms with E-state index in [0.29, 0.717) is 12.2 Å². The van der Waals surface area contributed by atoms with E-state index in [9.17, 15) is 9.18 Å². The molecule has 0 amide bonds. The van der Waals surface area contributed by atoms with Gasteiger partial charge in [-0.1, -0.05) is 6.07 Å². The van der Waals surface area contributed by atoms with Crippen molar-refractivity contribution < 1.29 is 19.0 Å². The molecule has 4 heteroatoms. The summed E-state index contributed by atoms with van der Waals surface area (Å²) in [6.45, 7) is 0. The first-order valence-electron chi connectivity index (χ1n) is 5.17. The molecule has 1 aliphatic carbocycles. The number of hydrogen-bond acceptors (Lipinski definition) is 2. The van der Waals surface area contributed by atoms with Crippen LogP contribution in [-0.2, 0) is 16.9 Å². The lowest BCUT2D eigenvalue weighted by Crippen LogP contribution is -2.34. The van der Waals surface area contributed by atoms with E-state index in [4.69, 9.17) is 9.84 Å². The number of ether oxygens (including phenoxy) is 1. The highest BCUT2D eigenvalue weighted by Gasteiger charge is 2.44. The normalized spacial score (nSPS) is 23.6. The summed E-state index contributed by atoms with van der Waals surface area (Å²) in [5.41, 5.74) is -1.26. The Morgan fingerprint density at radius 2 is 2.31 bits per heavy atom. The number of fused-ring (bicyclic) bond motifs is 1. The van der Waals surface area contributed by atoms with Crippen LogP contribution >= 0.6 is 0 Å². The maximum atomic E-state index is 14.3. The SMILES string of the molecule is COc1ccc2c(c1)C(F)(C(=O)O)CCC2. The van der Waals surface area contributed by atoms with Crippen LogP contribution in [0.1, 0.15) is 24.0 Å². The number of carboxylic acid groups (broad SMARTS) is 1. The van der Waals surface area contributed by atoms with Gasteiger partial charge in [-0.2, -0.15) is 0 Å². The third-order valence-electron chi connectivity index (χ3n) is 3.05. The molecular weight excluding hydrogens is 211 g/mol. The summed E-state index contributed by atoms with van der Waals surface area (Å²) < 4.78 is 19.3. The first-order valence-corrected chi connectivity index (χ1v) is 5.17. The number of methoxy groups -OCH3 is 1. The van der Waals surface area contributed by atoms with E-state index in [0.717, 1.165) is 12.0 Å². The number of aliphatic carboxylic acids is 1. The Balaban J connectivity index is 2.55. The van der Waals surface area contributed by atoms with E-state index in [1.165, 1.54) is 13.2 Å². The molecule has 0 heterocycles. The Morgan fingerprint density at radius 1 is 1.56 bits per heavy atom. The van der Waals surface area contributed by atoms with Crippen LogP contribution in [0.4, 0.5) is 4.39 Å². The fourth-order valence-corrected chi connectivity index (χ4v) is 2.15. The lowest BCUT2D eigenvalue weighted by atomic mass is 9.80. The molecule has 0 saturated heterocycles. The molecule has 0 radical (unpaired) electrons. The van der Waals surface area contributed by atoms with Crippen molar-refractivity contribution >= 4 is 5.97 Å². The maximum absolute atomic E-state index is 14.3. The summed E-state index contributed by atoms with van der Waals surface area (Å²) in [4.78, 5) is 11.0. The second kappa shape index (κ2) is 3.77. The molecule has 16 heavy (non-hydrogen) atoms. The number of alkyl halides is 1. The molecular formula is C12H13FO3. The fourth-order valence-electron chi connectivity index (χ4n) is 2.15. The molecule has 1 aliphatic rings. The quantitative estimate of drug-likeness (QED) is 0.838. The summed E-state index contributed by atoms with van der Waals surface area (Å²) in [5.74, 6) is -0.925. The van der Waals surface area contributed by atoms with Crippen molar-refractivity contribution in [2.24, 2.45) is 0 Å². The van der Waals surface area contributed by atoms with Crippen molar-refractivity contribution in [2.45, 2.75) is 24.9 Å². The monoisotopic (exact) mass is 224 g/mol. The molecule has 1 aromatic rings. The van der Waals surface area contributed by atoms with E-state index < -0.39 is 11.6 Å². The zero-order valence-electron chi connectivity index (χ0n) is 9.00. The summed E-state index contributed by atoms with van der Waals surface area (Å²) >= 11 is 0. The Bertz CT molecular complexity index is 430. The molecule has 0 aliphatic heterocycles. The van der Waals surface area contributed by atoms with Gasteiger partial charge in [0.25, 0.3) is 0 Å². The zero-order chi connectivity index (χ0) is 11.8. The lowest BCUT2D eigenvalue weighted by molar-refractivity contribution is -0.152. The molecule has 3 nitrogen and oxygen atoms in total. The highest BCUT2D eigenvalue weighted by Crippen LogP contribution is 2.40. The number of rotatable bonds is 2. The number of hydrogen-bond donors (Lipinski definition) is 1. The van der Waals surface area contributed by atoms with Gasteiger partial charge in [-0.05, 0) is 37.0 Å². The molecule has 0 saturated carbocycles. The van der Waals surface area contributed by atoms with E-state index in [1.807, 2.05) is 0 Å². The summed E-state index contributed by atoms with van der Waals surface area (Å²) in [6, 6.07) is 4.96. The molecule has 0 bridgehead atoms. The van der Waals surface area contributed by atoms with Gasteiger partial charge in [0.05, 0.1) is 7.11 Å². The van der Waals surface area contributed by atoms with Crippen LogP contribution in [0.15, 0.2) is 18.2 Å². The van der Waals surface area contributed by atoms with Crippen molar-refractivity contribution in [1.29, 1.82) is 0 Å². The Kier molecular flexibility index (Phi) is 2.58. The maximum Gasteiger partial charge on any atom is 0.346 e. The molecule has 1 N–H and O–H groups in total. The summed E-state index contributed by atoms with van der Waals surface area (Å²) in [6.07, 6.45) is 1.31. The van der Waals surface area contributed by atoms with Crippen LogP contribution in [0.5, 0.6) is 5.75 Å². The van der Waals surface area contributed by atoms with Crippen molar-refractivity contribution in [1.82, 2.24) is 0 Å². The molecule has 1 aromatic carbocycles. The predicted octanol–water partition coefficient (Wildman–Crippen LogP) is 2.28. The molecule has 0 spiro atoms. The Hall–Kier alpha value is -1.58. The highest BCUT2D eigenvalue weighted by atomic mass is 19.1. The fraction of sp³-hybridized carbons (Fsp3) is 0.417. The van der Waals surface area contributed by atoms with Gasteiger partial charge in [0, 0.05) is 5.56 Å². The minimum Gasteiger partial charge on any atom is -0.497 e. The van der Waals surface area contributed by atoms with Gasteiger partial charge in [-0.25, -0.2) is 9.18 Å². The van der Waals surface area contributed by atoms with Crippen LogP contribution in [0.2, 0.25) is 0 Å². The zero-order valence-corrected chi connectivity index (χ0v) is 9.00. The summed E-state index contributed by atoms with van der Waals surface area (Å²) in [7, 11) is 1.48. The first kappa shape index (κ1) is 10.9. The Morgan fingerprint density at radius 3 is 2.94 bits per heavy atom. The number of aryl methyl sites for hydroxylation is 1. The topological polar surface area (TPSA) is 46.5 Å². The first-order chi connectivity index (χ1) is 7.58. The van der Waals surface area contributed by atoms with E-state index >= 15 is 0 Å². The molecule has 86 valence electrons. The van der Waals surface area contributed by atoms with Gasteiger partial charge in [-0.15, -0.1) is 0 Å². The van der Waals surface area contributed by atoms with Crippen LogP contribution < -0.4 is 4.74 Å². The molecule has 2 rings (SSSR count). The number of halogens is 1. The third kappa shape index (κ3) is 1.54. The number of carboxylic acids is 1. The predicted molar refractivity (Wildman–Crippen MR) is 56.4 cm³/mol. The summed E-state index contributed by atoms with van der Waals surface area (Å²) in [5, 5.41) is 8.99. The van der Waals surface area contributed by atoms with Gasteiger partial charge < -0.3 is 9.84 Å². The smallest absolute Gasteiger partial charge is 0.346 e. The van der Waals surface area contributed by atoms with E-state index in [2.05, 4.69) is 0 Å². The van der Waals surface area contributed by atoms with Crippen LogP contribution in [0.25, 0.3) is 0 Å². The third-order valence-corrected chi connectivity index (χ3v) is 3.05. The van der Waals surface area contributed by atoms with Gasteiger partial charge in [-0.3, -0.25) is 0 Å². The standard InChI is InChI=1S/C12H13FO3/c1-16-9-5-4-8-3-2-6-12(13,11(14)15)10(8)7-9/h4-5,7H,2-3,6H2,1H3,(H,14,15). The van der Waals surface area contributed by atoms with Crippen molar-refractivity contribution in [2.75, 3.05) is 7.11 Å². The van der Waals surface area contributed by atoms with E-state index in [1.54, 1.807) is 12.1 Å². The van der Waals surface area contributed by atoms with Gasteiger partial charge in [0.15, 0.2) is 0 Å². The minimum absolute atomic E-state index is 0.0303. The van der Waals surface area contributed by atoms with Crippen molar-refractivity contribution in [3.8, 4) is 5.75 Å². The van der Waals surface area contributed by atoms with E-state index in [-0.39, 0.29) is 12.0 Å².